The van der Waals surface area contributed by atoms with Crippen molar-refractivity contribution in [1.82, 2.24) is 5.32 Å². The largest absolute Gasteiger partial charge is 0.356 e. The monoisotopic (exact) mass is 280 g/mol. The van der Waals surface area contributed by atoms with Crippen LogP contribution in [0.2, 0.25) is 0 Å². The molecule has 1 amide bonds. The molecule has 2 fully saturated rings. The molecule has 0 aromatic rings. The molecule has 2 saturated carbocycles. The number of unbranched alkanes of at least 4 members (excludes halogenated alkanes) is 1. The first kappa shape index (κ1) is 15.8. The molecule has 0 heterocycles. The van der Waals surface area contributed by atoms with E-state index >= 15 is 0 Å². The van der Waals surface area contributed by atoms with Gasteiger partial charge in [-0.05, 0) is 56.8 Å². The minimum atomic E-state index is 0.281. The van der Waals surface area contributed by atoms with Crippen LogP contribution in [0.15, 0.2) is 0 Å². The van der Waals surface area contributed by atoms with Crippen LogP contribution in [0.4, 0.5) is 0 Å². The highest BCUT2D eigenvalue weighted by atomic mass is 16.1. The summed E-state index contributed by atoms with van der Waals surface area (Å²) in [5.41, 5.74) is 5.92. The van der Waals surface area contributed by atoms with E-state index in [1.165, 1.54) is 38.5 Å². The quantitative estimate of drug-likeness (QED) is 0.785. The van der Waals surface area contributed by atoms with E-state index < -0.39 is 0 Å². The Morgan fingerprint density at radius 2 is 1.80 bits per heavy atom. The predicted octanol–water partition coefficient (Wildman–Crippen LogP) is 3.23. The Morgan fingerprint density at radius 1 is 1.10 bits per heavy atom. The van der Waals surface area contributed by atoms with Crippen LogP contribution in [-0.2, 0) is 4.79 Å². The Kier molecular flexibility index (Phi) is 6.34. The summed E-state index contributed by atoms with van der Waals surface area (Å²) in [6.07, 6.45) is 12.1. The molecule has 0 bridgehead atoms. The number of nitrogens with one attached hydrogen (secondary N) is 1. The van der Waals surface area contributed by atoms with Gasteiger partial charge in [-0.25, -0.2) is 0 Å². The van der Waals surface area contributed by atoms with Crippen LogP contribution in [-0.4, -0.2) is 18.5 Å². The third kappa shape index (κ3) is 4.76. The Morgan fingerprint density at radius 3 is 2.40 bits per heavy atom. The van der Waals surface area contributed by atoms with E-state index in [1.54, 1.807) is 0 Å². The lowest BCUT2D eigenvalue weighted by Gasteiger charge is -2.28. The fourth-order valence-corrected chi connectivity index (χ4v) is 3.89. The molecular weight excluding hydrogens is 248 g/mol. The molecule has 2 aliphatic carbocycles. The third-order valence-electron chi connectivity index (χ3n) is 5.33. The van der Waals surface area contributed by atoms with Gasteiger partial charge >= 0.3 is 0 Å². The van der Waals surface area contributed by atoms with E-state index in [4.69, 9.17) is 5.73 Å². The summed E-state index contributed by atoms with van der Waals surface area (Å²) in [7, 11) is 0. The zero-order valence-corrected chi connectivity index (χ0v) is 13.1. The maximum Gasteiger partial charge on any atom is 0.223 e. The summed E-state index contributed by atoms with van der Waals surface area (Å²) in [6, 6.07) is 0.367. The molecule has 2 atom stereocenters. The van der Waals surface area contributed by atoms with Gasteiger partial charge < -0.3 is 11.1 Å². The molecule has 0 aliphatic heterocycles. The van der Waals surface area contributed by atoms with E-state index in [1.807, 2.05) is 0 Å². The summed E-state index contributed by atoms with van der Waals surface area (Å²) in [4.78, 5) is 12.2. The number of carbonyl (C=O) groups excluding carboxylic acids is 1. The normalized spacial score (nSPS) is 34.1. The first-order chi connectivity index (χ1) is 9.69. The average molecular weight is 280 g/mol. The first-order valence-corrected chi connectivity index (χ1v) is 8.72. The molecule has 0 aromatic heterocycles. The van der Waals surface area contributed by atoms with Crippen molar-refractivity contribution in [2.45, 2.75) is 77.2 Å². The number of nitrogens with two attached hydrogens (primary N) is 1. The van der Waals surface area contributed by atoms with Crippen LogP contribution in [0.3, 0.4) is 0 Å². The van der Waals surface area contributed by atoms with Crippen LogP contribution in [0.1, 0.15) is 71.1 Å². The Bertz CT molecular complexity index is 297. The second-order valence-corrected chi connectivity index (χ2v) is 7.04. The number of carbonyl (C=O) groups is 1. The minimum absolute atomic E-state index is 0.281. The number of rotatable bonds is 6. The fourth-order valence-electron chi connectivity index (χ4n) is 3.89. The van der Waals surface area contributed by atoms with Gasteiger partial charge in [-0.2, -0.15) is 0 Å². The number of amides is 1. The van der Waals surface area contributed by atoms with Gasteiger partial charge in [-0.15, -0.1) is 0 Å². The van der Waals surface area contributed by atoms with Crippen molar-refractivity contribution in [3.8, 4) is 0 Å². The highest BCUT2D eigenvalue weighted by Gasteiger charge is 2.27. The predicted molar refractivity (Wildman–Crippen MR) is 83.3 cm³/mol. The summed E-state index contributed by atoms with van der Waals surface area (Å²) in [6.45, 7) is 3.11. The van der Waals surface area contributed by atoms with Crippen molar-refractivity contribution in [3.05, 3.63) is 0 Å². The summed E-state index contributed by atoms with van der Waals surface area (Å²) < 4.78 is 0. The molecule has 3 heteroatoms. The number of hydrogen-bond acceptors (Lipinski definition) is 2. The number of hydrogen-bond donors (Lipinski definition) is 2. The van der Waals surface area contributed by atoms with E-state index in [0.29, 0.717) is 17.9 Å². The van der Waals surface area contributed by atoms with Gasteiger partial charge in [0.05, 0.1) is 0 Å². The van der Waals surface area contributed by atoms with Crippen LogP contribution < -0.4 is 11.1 Å². The summed E-state index contributed by atoms with van der Waals surface area (Å²) >= 11 is 0. The standard InChI is InChI=1S/C17H32N2O/c1-2-3-4-13-5-8-15(9-6-13)17(20)19-12-14-7-10-16(18)11-14/h13-16H,2-12,18H2,1H3,(H,19,20). The summed E-state index contributed by atoms with van der Waals surface area (Å²) in [5.74, 6) is 2.09. The molecule has 0 spiro atoms. The Hall–Kier alpha value is -0.570. The van der Waals surface area contributed by atoms with Gasteiger partial charge in [0.2, 0.25) is 5.91 Å². The maximum absolute atomic E-state index is 12.2. The van der Waals surface area contributed by atoms with Crippen molar-refractivity contribution in [2.75, 3.05) is 6.54 Å². The third-order valence-corrected chi connectivity index (χ3v) is 5.33. The first-order valence-electron chi connectivity index (χ1n) is 8.72. The Labute approximate surface area is 124 Å². The molecule has 0 aromatic carbocycles. The van der Waals surface area contributed by atoms with E-state index in [0.717, 1.165) is 38.1 Å². The molecule has 20 heavy (non-hydrogen) atoms. The zero-order chi connectivity index (χ0) is 14.4. The van der Waals surface area contributed by atoms with Crippen LogP contribution in [0, 0.1) is 17.8 Å². The average Bonchev–Trinajstić information content (AvgIpc) is 2.89. The molecule has 116 valence electrons. The maximum atomic E-state index is 12.2. The fraction of sp³-hybridized carbons (Fsp3) is 0.941. The van der Waals surface area contributed by atoms with E-state index in [2.05, 4.69) is 12.2 Å². The van der Waals surface area contributed by atoms with Crippen molar-refractivity contribution in [2.24, 2.45) is 23.5 Å². The SMILES string of the molecule is CCCCC1CCC(C(=O)NCC2CCC(N)C2)CC1. The van der Waals surface area contributed by atoms with Gasteiger partial charge in [0.25, 0.3) is 0 Å². The molecule has 0 radical (unpaired) electrons. The van der Waals surface area contributed by atoms with Gasteiger partial charge in [0.1, 0.15) is 0 Å². The molecule has 2 aliphatic rings. The smallest absolute Gasteiger partial charge is 0.223 e. The Balaban J connectivity index is 1.62. The van der Waals surface area contributed by atoms with Gasteiger partial charge in [-0.1, -0.05) is 26.2 Å². The second kappa shape index (κ2) is 8.02. The molecule has 0 saturated heterocycles. The van der Waals surface area contributed by atoms with E-state index in [9.17, 15) is 4.79 Å². The van der Waals surface area contributed by atoms with Gasteiger partial charge in [0.15, 0.2) is 0 Å². The van der Waals surface area contributed by atoms with Gasteiger partial charge in [-0.3, -0.25) is 4.79 Å². The van der Waals surface area contributed by atoms with Crippen LogP contribution in [0.25, 0.3) is 0 Å². The lowest BCUT2D eigenvalue weighted by Crippen LogP contribution is -2.36. The lowest BCUT2D eigenvalue weighted by atomic mass is 9.79. The van der Waals surface area contributed by atoms with Crippen molar-refractivity contribution in [1.29, 1.82) is 0 Å². The van der Waals surface area contributed by atoms with E-state index in [-0.39, 0.29) is 5.92 Å². The highest BCUT2D eigenvalue weighted by molar-refractivity contribution is 5.78. The van der Waals surface area contributed by atoms with Crippen molar-refractivity contribution >= 4 is 5.91 Å². The highest BCUT2D eigenvalue weighted by Crippen LogP contribution is 2.32. The molecule has 3 N–H and O–H groups in total. The topological polar surface area (TPSA) is 55.1 Å². The van der Waals surface area contributed by atoms with Crippen LogP contribution in [0.5, 0.6) is 0 Å². The van der Waals surface area contributed by atoms with Gasteiger partial charge in [0, 0.05) is 18.5 Å². The molecule has 3 nitrogen and oxygen atoms in total. The molecular formula is C17H32N2O. The summed E-state index contributed by atoms with van der Waals surface area (Å²) in [5, 5.41) is 3.18. The molecule has 2 unspecified atom stereocenters. The minimum Gasteiger partial charge on any atom is -0.356 e. The second-order valence-electron chi connectivity index (χ2n) is 7.04. The van der Waals surface area contributed by atoms with Crippen molar-refractivity contribution in [3.63, 3.8) is 0 Å². The van der Waals surface area contributed by atoms with Crippen LogP contribution >= 0.6 is 0 Å². The molecule has 2 rings (SSSR count). The lowest BCUT2D eigenvalue weighted by molar-refractivity contribution is -0.126. The van der Waals surface area contributed by atoms with Crippen molar-refractivity contribution < 1.29 is 4.79 Å². The zero-order valence-electron chi connectivity index (χ0n) is 13.1.